The quantitative estimate of drug-likeness (QED) is 0.801. The number of hydrogen-bond acceptors (Lipinski definition) is 2. The van der Waals surface area contributed by atoms with Gasteiger partial charge in [-0.3, -0.25) is 0 Å². The normalized spacial score (nSPS) is 11.2. The van der Waals surface area contributed by atoms with E-state index in [1.807, 2.05) is 20.8 Å². The van der Waals surface area contributed by atoms with Crippen LogP contribution < -0.4 is 10.5 Å². The number of benzene rings is 1. The van der Waals surface area contributed by atoms with Gasteiger partial charge in [0.05, 0.1) is 0 Å². The second-order valence-electron chi connectivity index (χ2n) is 3.97. The van der Waals surface area contributed by atoms with Gasteiger partial charge in [-0.15, -0.1) is 0 Å². The molecule has 0 radical (unpaired) electrons. The molecule has 90 valence electrons. The zero-order chi connectivity index (χ0) is 12.3. The third-order valence-electron chi connectivity index (χ3n) is 2.50. The van der Waals surface area contributed by atoms with E-state index in [4.69, 9.17) is 5.73 Å². The summed E-state index contributed by atoms with van der Waals surface area (Å²) < 4.78 is 28.7. The molecule has 1 aromatic rings. The van der Waals surface area contributed by atoms with Crippen molar-refractivity contribution in [2.75, 3.05) is 5.73 Å². The lowest BCUT2D eigenvalue weighted by Crippen LogP contribution is -2.06. The van der Waals surface area contributed by atoms with E-state index in [0.717, 1.165) is 11.1 Å². The summed E-state index contributed by atoms with van der Waals surface area (Å²) in [6.45, 7) is 3.07. The van der Waals surface area contributed by atoms with Crippen molar-refractivity contribution in [1.82, 2.24) is 0 Å². The fourth-order valence-electron chi connectivity index (χ4n) is 1.65. The van der Waals surface area contributed by atoms with Gasteiger partial charge in [0.15, 0.2) is 0 Å². The molecule has 0 aliphatic carbocycles. The molecule has 0 saturated carbocycles. The number of rotatable bonds is 4. The standard InChI is InChI=1S/C12H17F2NO/c1-4-8-5-9(16-12(13)14)6-10(7(2)3)11(8)15/h5-7,12H,4,15H2,1-3H3. The van der Waals surface area contributed by atoms with Gasteiger partial charge in [0, 0.05) is 5.69 Å². The maximum atomic E-state index is 12.1. The molecule has 2 nitrogen and oxygen atoms in total. The average molecular weight is 229 g/mol. The highest BCUT2D eigenvalue weighted by Crippen LogP contribution is 2.31. The van der Waals surface area contributed by atoms with Crippen LogP contribution in [0.1, 0.15) is 37.8 Å². The molecule has 0 amide bonds. The van der Waals surface area contributed by atoms with Crippen LogP contribution in [0.25, 0.3) is 0 Å². The molecule has 4 heteroatoms. The maximum absolute atomic E-state index is 12.1. The summed E-state index contributed by atoms with van der Waals surface area (Å²) in [4.78, 5) is 0. The first-order chi connectivity index (χ1) is 7.45. The Kier molecular flexibility index (Phi) is 4.10. The van der Waals surface area contributed by atoms with Gasteiger partial charge in [-0.2, -0.15) is 8.78 Å². The zero-order valence-electron chi connectivity index (χ0n) is 9.76. The summed E-state index contributed by atoms with van der Waals surface area (Å²) in [5.74, 6) is 0.372. The van der Waals surface area contributed by atoms with Gasteiger partial charge in [0.2, 0.25) is 0 Å². The topological polar surface area (TPSA) is 35.2 Å². The van der Waals surface area contributed by atoms with Gasteiger partial charge >= 0.3 is 6.61 Å². The van der Waals surface area contributed by atoms with Crippen LogP contribution in [0.15, 0.2) is 12.1 Å². The molecule has 0 atom stereocenters. The Labute approximate surface area is 94.4 Å². The third kappa shape index (κ3) is 2.84. The van der Waals surface area contributed by atoms with E-state index in [0.29, 0.717) is 12.1 Å². The van der Waals surface area contributed by atoms with Crippen LogP contribution in [-0.4, -0.2) is 6.61 Å². The SMILES string of the molecule is CCc1cc(OC(F)F)cc(C(C)C)c1N. The van der Waals surface area contributed by atoms with Gasteiger partial charge in [-0.25, -0.2) is 0 Å². The first kappa shape index (κ1) is 12.7. The molecule has 0 unspecified atom stereocenters. The predicted molar refractivity (Wildman–Crippen MR) is 61.0 cm³/mol. The highest BCUT2D eigenvalue weighted by Gasteiger charge is 2.13. The van der Waals surface area contributed by atoms with E-state index in [1.165, 1.54) is 0 Å². The summed E-state index contributed by atoms with van der Waals surface area (Å²) in [6.07, 6.45) is 0.700. The summed E-state index contributed by atoms with van der Waals surface area (Å²) in [5, 5.41) is 0. The zero-order valence-corrected chi connectivity index (χ0v) is 9.76. The molecule has 1 aromatic carbocycles. The molecular weight excluding hydrogens is 212 g/mol. The second-order valence-corrected chi connectivity index (χ2v) is 3.97. The fourth-order valence-corrected chi connectivity index (χ4v) is 1.65. The molecular formula is C12H17F2NO. The average Bonchev–Trinajstić information content (AvgIpc) is 2.19. The number of nitrogens with two attached hydrogens (primary N) is 1. The monoisotopic (exact) mass is 229 g/mol. The molecule has 16 heavy (non-hydrogen) atoms. The van der Waals surface area contributed by atoms with Gasteiger partial charge in [-0.1, -0.05) is 20.8 Å². The molecule has 0 aliphatic heterocycles. The van der Waals surface area contributed by atoms with E-state index in [-0.39, 0.29) is 11.7 Å². The molecule has 2 N–H and O–H groups in total. The van der Waals surface area contributed by atoms with Crippen LogP contribution in [0, 0.1) is 0 Å². The number of anilines is 1. The van der Waals surface area contributed by atoms with Crippen molar-refractivity contribution >= 4 is 5.69 Å². The summed E-state index contributed by atoms with van der Waals surface area (Å²) >= 11 is 0. The van der Waals surface area contributed by atoms with Crippen LogP contribution >= 0.6 is 0 Å². The van der Waals surface area contributed by atoms with Crippen LogP contribution in [0.2, 0.25) is 0 Å². The van der Waals surface area contributed by atoms with E-state index < -0.39 is 6.61 Å². The maximum Gasteiger partial charge on any atom is 0.387 e. The van der Waals surface area contributed by atoms with Crippen LogP contribution in [0.3, 0.4) is 0 Å². The van der Waals surface area contributed by atoms with E-state index in [9.17, 15) is 8.78 Å². The molecule has 0 aromatic heterocycles. The van der Waals surface area contributed by atoms with Gasteiger partial charge in [0.1, 0.15) is 5.75 Å². The molecule has 0 saturated heterocycles. The largest absolute Gasteiger partial charge is 0.435 e. The predicted octanol–water partition coefficient (Wildman–Crippen LogP) is 3.56. The number of halogens is 2. The van der Waals surface area contributed by atoms with Crippen molar-refractivity contribution in [2.45, 2.75) is 39.7 Å². The van der Waals surface area contributed by atoms with Crippen LogP contribution in [-0.2, 0) is 6.42 Å². The van der Waals surface area contributed by atoms with Gasteiger partial charge in [-0.05, 0) is 35.6 Å². The Morgan fingerprint density at radius 2 is 1.94 bits per heavy atom. The van der Waals surface area contributed by atoms with Crippen molar-refractivity contribution in [3.8, 4) is 5.75 Å². The summed E-state index contributed by atoms with van der Waals surface area (Å²) in [5.41, 5.74) is 8.34. The van der Waals surface area contributed by atoms with Gasteiger partial charge < -0.3 is 10.5 Å². The summed E-state index contributed by atoms with van der Waals surface area (Å²) in [7, 11) is 0. The lowest BCUT2D eigenvalue weighted by Gasteiger charge is -2.15. The first-order valence-corrected chi connectivity index (χ1v) is 5.32. The van der Waals surface area contributed by atoms with Gasteiger partial charge in [0.25, 0.3) is 0 Å². The smallest absolute Gasteiger partial charge is 0.387 e. The first-order valence-electron chi connectivity index (χ1n) is 5.32. The molecule has 1 rings (SSSR count). The Morgan fingerprint density at radius 3 is 2.38 bits per heavy atom. The summed E-state index contributed by atoms with van der Waals surface area (Å²) in [6, 6.07) is 3.17. The Morgan fingerprint density at radius 1 is 1.31 bits per heavy atom. The highest BCUT2D eigenvalue weighted by atomic mass is 19.3. The lowest BCUT2D eigenvalue weighted by molar-refractivity contribution is -0.0499. The molecule has 0 spiro atoms. The van der Waals surface area contributed by atoms with Crippen molar-refractivity contribution in [1.29, 1.82) is 0 Å². The van der Waals surface area contributed by atoms with E-state index >= 15 is 0 Å². The third-order valence-corrected chi connectivity index (χ3v) is 2.50. The number of ether oxygens (including phenoxy) is 1. The molecule has 0 bridgehead atoms. The number of alkyl halides is 2. The van der Waals surface area contributed by atoms with E-state index in [2.05, 4.69) is 4.74 Å². The number of nitrogen functional groups attached to an aromatic ring is 1. The molecule has 0 aliphatic rings. The lowest BCUT2D eigenvalue weighted by atomic mass is 9.96. The number of aryl methyl sites for hydroxylation is 1. The highest BCUT2D eigenvalue weighted by molar-refractivity contribution is 5.58. The Balaban J connectivity index is 3.17. The number of hydrogen-bond donors (Lipinski definition) is 1. The minimum atomic E-state index is -2.80. The van der Waals surface area contributed by atoms with Crippen LogP contribution in [0.5, 0.6) is 5.75 Å². The molecule has 0 fully saturated rings. The second kappa shape index (κ2) is 5.14. The van der Waals surface area contributed by atoms with Crippen LogP contribution in [0.4, 0.5) is 14.5 Å². The Hall–Kier alpha value is -1.32. The van der Waals surface area contributed by atoms with E-state index in [1.54, 1.807) is 12.1 Å². The minimum Gasteiger partial charge on any atom is -0.435 e. The Bertz CT molecular complexity index is 364. The van der Waals surface area contributed by atoms with Crippen molar-refractivity contribution in [3.05, 3.63) is 23.3 Å². The molecule has 0 heterocycles. The minimum absolute atomic E-state index is 0.185. The van der Waals surface area contributed by atoms with Crippen molar-refractivity contribution in [3.63, 3.8) is 0 Å². The van der Waals surface area contributed by atoms with Crippen molar-refractivity contribution in [2.24, 2.45) is 0 Å². The van der Waals surface area contributed by atoms with Crippen molar-refractivity contribution < 1.29 is 13.5 Å². The fraction of sp³-hybridized carbons (Fsp3) is 0.500.